The average Bonchev–Trinajstić information content (AvgIpc) is 3.27. The van der Waals surface area contributed by atoms with E-state index >= 15 is 0 Å². The predicted molar refractivity (Wildman–Crippen MR) is 177 cm³/mol. The van der Waals surface area contributed by atoms with Crippen LogP contribution in [0.4, 0.5) is 21.0 Å². The van der Waals surface area contributed by atoms with E-state index in [-0.39, 0.29) is 0 Å². The number of carbonyl (C=O) groups excluding carboxylic acids is 2. The molecular formula is C30H40Br2N4O5Si. The second-order valence-electron chi connectivity index (χ2n) is 12.0. The molecule has 1 N–H and O–H groups in total. The molecule has 1 heterocycles. The van der Waals surface area contributed by atoms with E-state index in [2.05, 4.69) is 56.8 Å². The third-order valence-electron chi connectivity index (χ3n) is 6.06. The van der Waals surface area contributed by atoms with Gasteiger partial charge in [0.05, 0.1) is 12.8 Å². The lowest BCUT2D eigenvalue weighted by Crippen LogP contribution is -2.38. The predicted octanol–water partition coefficient (Wildman–Crippen LogP) is 8.55. The van der Waals surface area contributed by atoms with E-state index < -0.39 is 25.9 Å². The number of hydrogen-bond acceptors (Lipinski definition) is 6. The molecule has 0 bridgehead atoms. The Labute approximate surface area is 266 Å². The molecule has 2 aromatic carbocycles. The first kappa shape index (κ1) is 33.8. The van der Waals surface area contributed by atoms with E-state index in [0.717, 1.165) is 37.8 Å². The fourth-order valence-corrected chi connectivity index (χ4v) is 5.63. The lowest BCUT2D eigenvalue weighted by Gasteiger charge is -2.27. The number of rotatable bonds is 11. The first-order chi connectivity index (χ1) is 19.6. The number of methoxy groups -OCH3 is 1. The number of halogens is 2. The molecule has 0 aliphatic heterocycles. The van der Waals surface area contributed by atoms with Gasteiger partial charge in [0.1, 0.15) is 18.2 Å². The van der Waals surface area contributed by atoms with E-state index in [4.69, 9.17) is 19.2 Å². The Hall–Kier alpha value is -2.67. The zero-order valence-corrected chi connectivity index (χ0v) is 29.5. The molecule has 9 nitrogen and oxygen atoms in total. The van der Waals surface area contributed by atoms with Gasteiger partial charge in [0, 0.05) is 59.7 Å². The van der Waals surface area contributed by atoms with Crippen LogP contribution >= 0.6 is 31.9 Å². The van der Waals surface area contributed by atoms with Gasteiger partial charge in [-0.1, -0.05) is 57.6 Å². The molecule has 0 radical (unpaired) electrons. The summed E-state index contributed by atoms with van der Waals surface area (Å²) < 4.78 is 20.1. The third-order valence-corrected chi connectivity index (χ3v) is 8.91. The van der Waals surface area contributed by atoms with Crippen molar-refractivity contribution < 1.29 is 23.8 Å². The number of imidazole rings is 1. The molecule has 0 saturated carbocycles. The molecule has 0 spiro atoms. The van der Waals surface area contributed by atoms with Crippen LogP contribution in [0.2, 0.25) is 25.7 Å². The van der Waals surface area contributed by atoms with Crippen LogP contribution in [0.1, 0.15) is 26.6 Å². The van der Waals surface area contributed by atoms with E-state index in [1.807, 2.05) is 61.9 Å². The molecule has 2 amide bonds. The van der Waals surface area contributed by atoms with Crippen molar-refractivity contribution in [3.05, 3.63) is 63.4 Å². The lowest BCUT2D eigenvalue weighted by molar-refractivity contribution is 0.0580. The molecule has 12 heteroatoms. The molecule has 0 aliphatic carbocycles. The molecule has 0 atom stereocenters. The van der Waals surface area contributed by atoms with Crippen molar-refractivity contribution in [2.45, 2.75) is 65.2 Å². The Morgan fingerprint density at radius 2 is 1.83 bits per heavy atom. The number of benzene rings is 2. The highest BCUT2D eigenvalue weighted by molar-refractivity contribution is 9.10. The summed E-state index contributed by atoms with van der Waals surface area (Å²) in [6.45, 7) is 13.9. The molecule has 0 saturated heterocycles. The molecule has 0 unspecified atom stereocenters. The van der Waals surface area contributed by atoms with Crippen LogP contribution in [-0.2, 0) is 27.4 Å². The van der Waals surface area contributed by atoms with Crippen LogP contribution in [0.5, 0.6) is 0 Å². The molecule has 1 aromatic heterocycles. The number of anilines is 2. The Kier molecular flexibility index (Phi) is 11.8. The maximum Gasteiger partial charge on any atom is 0.414 e. The van der Waals surface area contributed by atoms with Crippen molar-refractivity contribution in [3.8, 4) is 11.3 Å². The van der Waals surface area contributed by atoms with Gasteiger partial charge >= 0.3 is 12.2 Å². The van der Waals surface area contributed by atoms with Gasteiger partial charge in [-0.2, -0.15) is 0 Å². The van der Waals surface area contributed by atoms with Crippen LogP contribution in [0.25, 0.3) is 11.3 Å². The van der Waals surface area contributed by atoms with Gasteiger partial charge in [-0.25, -0.2) is 14.6 Å². The maximum atomic E-state index is 13.3. The summed E-state index contributed by atoms with van der Waals surface area (Å²) in [5, 5.41) is 2.67. The molecule has 3 aromatic rings. The smallest absolute Gasteiger partial charge is 0.414 e. The number of carbonyl (C=O) groups is 2. The third kappa shape index (κ3) is 10.6. The number of hydrogen-bond donors (Lipinski definition) is 1. The summed E-state index contributed by atoms with van der Waals surface area (Å²) in [6, 6.07) is 14.1. The number of nitrogens with zero attached hydrogens (tertiary/aromatic N) is 3. The van der Waals surface area contributed by atoms with Crippen molar-refractivity contribution in [1.29, 1.82) is 0 Å². The first-order valence-corrected chi connectivity index (χ1v) is 19.0. The number of ether oxygens (including phenoxy) is 3. The summed E-state index contributed by atoms with van der Waals surface area (Å²) in [7, 11) is 0.0732. The number of aromatic nitrogens is 2. The fourth-order valence-electron chi connectivity index (χ4n) is 3.90. The zero-order valence-electron chi connectivity index (χ0n) is 25.3. The first-order valence-electron chi connectivity index (χ1n) is 13.7. The van der Waals surface area contributed by atoms with Gasteiger partial charge in [0.15, 0.2) is 0 Å². The van der Waals surface area contributed by atoms with Gasteiger partial charge < -0.3 is 18.8 Å². The maximum absolute atomic E-state index is 13.3. The molecule has 3 rings (SSSR count). The van der Waals surface area contributed by atoms with Crippen LogP contribution in [0.15, 0.2) is 57.6 Å². The number of amides is 2. The minimum absolute atomic E-state index is 0.343. The van der Waals surface area contributed by atoms with Gasteiger partial charge in [-0.05, 0) is 63.2 Å². The van der Waals surface area contributed by atoms with Crippen LogP contribution in [0.3, 0.4) is 0 Å². The number of nitrogens with one attached hydrogen (secondary N) is 1. The highest BCUT2D eigenvalue weighted by Crippen LogP contribution is 2.31. The van der Waals surface area contributed by atoms with Crippen molar-refractivity contribution in [1.82, 2.24) is 9.55 Å². The summed E-state index contributed by atoms with van der Waals surface area (Å²) in [6.07, 6.45) is 1.44. The van der Waals surface area contributed by atoms with Crippen molar-refractivity contribution in [2.75, 3.05) is 30.5 Å². The van der Waals surface area contributed by atoms with Gasteiger partial charge in [-0.3, -0.25) is 10.2 Å². The van der Waals surface area contributed by atoms with Crippen molar-refractivity contribution in [2.24, 2.45) is 0 Å². The van der Waals surface area contributed by atoms with Crippen molar-refractivity contribution in [3.63, 3.8) is 0 Å². The highest BCUT2D eigenvalue weighted by atomic mass is 79.9. The second-order valence-corrected chi connectivity index (χ2v) is 19.4. The second kappa shape index (κ2) is 14.7. The normalized spacial score (nSPS) is 11.7. The standard InChI is InChI=1S/C30H40Br2N4O5Si/c1-30(2,3)41-29(38)36(23-10-8-9-21(31)17-23)14-13-27-34-26(19-35(27)20-40-15-16-42(5,6)7)24-12-11-22(18-25(24)32)33-28(37)39-4/h8-12,17-19H,13-16,20H2,1-7H3,(H,33,37). The Morgan fingerprint density at radius 1 is 1.10 bits per heavy atom. The monoisotopic (exact) mass is 722 g/mol. The van der Waals surface area contributed by atoms with Crippen molar-refractivity contribution >= 4 is 63.5 Å². The highest BCUT2D eigenvalue weighted by Gasteiger charge is 2.25. The summed E-state index contributed by atoms with van der Waals surface area (Å²) in [5.41, 5.74) is 2.26. The lowest BCUT2D eigenvalue weighted by atomic mass is 10.1. The van der Waals surface area contributed by atoms with Gasteiger partial charge in [-0.15, -0.1) is 0 Å². The van der Waals surface area contributed by atoms with E-state index in [9.17, 15) is 9.59 Å². The van der Waals surface area contributed by atoms with Crippen LogP contribution < -0.4 is 10.2 Å². The van der Waals surface area contributed by atoms with Gasteiger partial charge in [0.25, 0.3) is 0 Å². The quantitative estimate of drug-likeness (QED) is 0.157. The average molecular weight is 725 g/mol. The Morgan fingerprint density at radius 3 is 2.45 bits per heavy atom. The molecule has 42 heavy (non-hydrogen) atoms. The molecular weight excluding hydrogens is 684 g/mol. The molecule has 0 fully saturated rings. The summed E-state index contributed by atoms with van der Waals surface area (Å²) >= 11 is 7.13. The van der Waals surface area contributed by atoms with Crippen LogP contribution in [-0.4, -0.2) is 55.7 Å². The summed E-state index contributed by atoms with van der Waals surface area (Å²) in [4.78, 5) is 31.5. The fraction of sp³-hybridized carbons (Fsp3) is 0.433. The van der Waals surface area contributed by atoms with Gasteiger partial charge in [0.2, 0.25) is 0 Å². The molecule has 0 aliphatic rings. The zero-order chi connectivity index (χ0) is 31.1. The SMILES string of the molecule is COC(=O)Nc1ccc(-c2cn(COCC[Si](C)(C)C)c(CCN(C(=O)OC(C)(C)C)c3cccc(Br)c3)n2)c(Br)c1. The minimum atomic E-state index is -1.25. The topological polar surface area (TPSA) is 94.9 Å². The van der Waals surface area contributed by atoms with E-state index in [1.54, 1.807) is 17.0 Å². The summed E-state index contributed by atoms with van der Waals surface area (Å²) in [5.74, 6) is 0.769. The van der Waals surface area contributed by atoms with E-state index in [1.165, 1.54) is 7.11 Å². The van der Waals surface area contributed by atoms with E-state index in [0.29, 0.717) is 32.0 Å². The minimum Gasteiger partial charge on any atom is -0.453 e. The van der Waals surface area contributed by atoms with Crippen LogP contribution in [0, 0.1) is 0 Å². The largest absolute Gasteiger partial charge is 0.453 e. The Bertz CT molecular complexity index is 1380. The Balaban J connectivity index is 1.91. The molecule has 228 valence electrons.